The molecular weight excluding hydrogens is 326 g/mol. The van der Waals surface area contributed by atoms with Crippen molar-refractivity contribution in [2.75, 3.05) is 7.11 Å². The van der Waals surface area contributed by atoms with Crippen LogP contribution in [0.5, 0.6) is 5.75 Å². The fraction of sp³-hybridized carbons (Fsp3) is 0.375. The third kappa shape index (κ3) is 2.25. The van der Waals surface area contributed by atoms with Gasteiger partial charge in [0.25, 0.3) is 6.43 Å². The molecule has 0 saturated carbocycles. The fourth-order valence-corrected chi connectivity index (χ4v) is 1.86. The quantitative estimate of drug-likeness (QED) is 0.625. The van der Waals surface area contributed by atoms with Crippen molar-refractivity contribution in [3.8, 4) is 5.75 Å². The van der Waals surface area contributed by atoms with Gasteiger partial charge in [0, 0.05) is 9.77 Å². The Bertz CT molecular complexity index is 335. The number of methoxy groups -OCH3 is 1. The van der Waals surface area contributed by atoms with Crippen LogP contribution in [0.25, 0.3) is 0 Å². The van der Waals surface area contributed by atoms with E-state index >= 15 is 0 Å². The highest BCUT2D eigenvalue weighted by Gasteiger charge is 2.21. The van der Waals surface area contributed by atoms with Crippen LogP contribution in [-0.2, 0) is 5.88 Å². The van der Waals surface area contributed by atoms with Gasteiger partial charge in [-0.05, 0) is 22.6 Å². The van der Waals surface area contributed by atoms with Crippen LogP contribution in [0.3, 0.4) is 0 Å². The van der Waals surface area contributed by atoms with Gasteiger partial charge in [-0.25, -0.2) is 8.78 Å². The Balaban J connectivity index is 3.35. The molecule has 0 aliphatic carbocycles. The normalized spacial score (nSPS) is 10.7. The minimum absolute atomic E-state index is 0.0554. The topological polar surface area (TPSA) is 22.1 Å². The number of alkyl halides is 3. The molecule has 0 aromatic carbocycles. The van der Waals surface area contributed by atoms with Gasteiger partial charge in [-0.1, -0.05) is 0 Å². The van der Waals surface area contributed by atoms with Crippen LogP contribution in [0.15, 0.2) is 6.20 Å². The van der Waals surface area contributed by atoms with Gasteiger partial charge in [-0.15, -0.1) is 11.6 Å². The summed E-state index contributed by atoms with van der Waals surface area (Å²) in [7, 11) is 1.33. The van der Waals surface area contributed by atoms with Crippen LogP contribution in [-0.4, -0.2) is 12.1 Å². The summed E-state index contributed by atoms with van der Waals surface area (Å²) in [6.07, 6.45) is -1.22. The van der Waals surface area contributed by atoms with Crippen LogP contribution in [0.1, 0.15) is 17.7 Å². The number of pyridine rings is 1. The van der Waals surface area contributed by atoms with E-state index in [9.17, 15) is 8.78 Å². The van der Waals surface area contributed by atoms with Crippen LogP contribution in [0.2, 0.25) is 0 Å². The monoisotopic (exact) mass is 333 g/mol. The summed E-state index contributed by atoms with van der Waals surface area (Å²) in [6, 6.07) is 0. The van der Waals surface area contributed by atoms with Gasteiger partial charge < -0.3 is 4.74 Å². The molecule has 0 bridgehead atoms. The number of rotatable bonds is 3. The smallest absolute Gasteiger partial charge is 0.268 e. The molecule has 0 unspecified atom stereocenters. The molecule has 78 valence electrons. The maximum absolute atomic E-state index is 12.6. The second-order valence-corrected chi connectivity index (χ2v) is 3.86. The first-order valence-corrected chi connectivity index (χ1v) is 5.28. The molecule has 2 nitrogen and oxygen atoms in total. The van der Waals surface area contributed by atoms with Crippen molar-refractivity contribution in [2.45, 2.75) is 12.3 Å². The van der Waals surface area contributed by atoms with Crippen molar-refractivity contribution in [1.82, 2.24) is 4.98 Å². The highest BCUT2D eigenvalue weighted by molar-refractivity contribution is 14.1. The summed E-state index contributed by atoms with van der Waals surface area (Å²) in [4.78, 5) is 3.91. The predicted molar refractivity (Wildman–Crippen MR) is 58.0 cm³/mol. The van der Waals surface area contributed by atoms with Crippen molar-refractivity contribution in [1.29, 1.82) is 0 Å². The predicted octanol–water partition coefficient (Wildman–Crippen LogP) is 3.37. The van der Waals surface area contributed by atoms with Gasteiger partial charge in [0.2, 0.25) is 0 Å². The second-order valence-electron chi connectivity index (χ2n) is 2.43. The molecule has 1 rings (SSSR count). The Morgan fingerprint density at radius 3 is 2.71 bits per heavy atom. The molecule has 0 saturated heterocycles. The standard InChI is InChI=1S/C8H7ClF2INO/c1-14-7-5(2-9)13-3-4(12)6(7)8(10)11/h3,8H,2H2,1H3. The summed E-state index contributed by atoms with van der Waals surface area (Å²) in [5, 5.41) is 0. The molecule has 0 atom stereocenters. The molecule has 6 heteroatoms. The highest BCUT2D eigenvalue weighted by Crippen LogP contribution is 2.35. The van der Waals surface area contributed by atoms with E-state index in [0.29, 0.717) is 9.26 Å². The molecule has 1 aromatic heterocycles. The van der Waals surface area contributed by atoms with E-state index in [2.05, 4.69) is 4.98 Å². The maximum Gasteiger partial charge on any atom is 0.268 e. The van der Waals surface area contributed by atoms with Gasteiger partial charge >= 0.3 is 0 Å². The molecule has 0 N–H and O–H groups in total. The first kappa shape index (κ1) is 11.9. The summed E-state index contributed by atoms with van der Waals surface area (Å²) in [5.41, 5.74) is 0.198. The van der Waals surface area contributed by atoms with Crippen LogP contribution < -0.4 is 4.74 Å². The number of aromatic nitrogens is 1. The van der Waals surface area contributed by atoms with E-state index in [1.807, 2.05) is 0 Å². The average molecular weight is 334 g/mol. The third-order valence-electron chi connectivity index (χ3n) is 1.65. The number of nitrogens with zero attached hydrogens (tertiary/aromatic N) is 1. The first-order chi connectivity index (χ1) is 6.61. The Labute approximate surface area is 98.8 Å². The Morgan fingerprint density at radius 2 is 2.29 bits per heavy atom. The van der Waals surface area contributed by atoms with Crippen molar-refractivity contribution >= 4 is 34.2 Å². The zero-order chi connectivity index (χ0) is 10.7. The number of hydrogen-bond acceptors (Lipinski definition) is 2. The van der Waals surface area contributed by atoms with E-state index in [-0.39, 0.29) is 17.2 Å². The molecule has 0 fully saturated rings. The summed E-state index contributed by atoms with van der Waals surface area (Å²) in [6.45, 7) is 0. The van der Waals surface area contributed by atoms with E-state index < -0.39 is 6.43 Å². The van der Waals surface area contributed by atoms with Crippen LogP contribution >= 0.6 is 34.2 Å². The second kappa shape index (κ2) is 5.06. The molecule has 0 amide bonds. The lowest BCUT2D eigenvalue weighted by molar-refractivity contribution is 0.145. The summed E-state index contributed by atoms with van der Waals surface area (Å²) >= 11 is 7.34. The van der Waals surface area contributed by atoms with Crippen molar-refractivity contribution in [3.63, 3.8) is 0 Å². The Kier molecular flexibility index (Phi) is 4.31. The number of hydrogen-bond donors (Lipinski definition) is 0. The molecule has 0 aliphatic heterocycles. The van der Waals surface area contributed by atoms with Gasteiger partial charge in [0.05, 0.1) is 24.2 Å². The van der Waals surface area contributed by atoms with E-state index in [1.165, 1.54) is 13.3 Å². The van der Waals surface area contributed by atoms with Gasteiger partial charge in [-0.2, -0.15) is 0 Å². The zero-order valence-corrected chi connectivity index (χ0v) is 10.1. The first-order valence-electron chi connectivity index (χ1n) is 3.67. The zero-order valence-electron chi connectivity index (χ0n) is 7.23. The SMILES string of the molecule is COc1c(CCl)ncc(I)c1C(F)F. The lowest BCUT2D eigenvalue weighted by atomic mass is 10.2. The van der Waals surface area contributed by atoms with Crippen molar-refractivity contribution < 1.29 is 13.5 Å². The number of ether oxygens (including phenoxy) is 1. The van der Waals surface area contributed by atoms with E-state index in [4.69, 9.17) is 16.3 Å². The number of halogens is 4. The van der Waals surface area contributed by atoms with Gasteiger partial charge in [-0.3, -0.25) is 4.98 Å². The molecule has 0 radical (unpaired) electrons. The Hall–Kier alpha value is -0.170. The molecule has 1 heterocycles. The molecule has 1 aromatic rings. The average Bonchev–Trinajstić information content (AvgIpc) is 2.16. The van der Waals surface area contributed by atoms with Crippen LogP contribution in [0.4, 0.5) is 8.78 Å². The highest BCUT2D eigenvalue weighted by atomic mass is 127. The van der Waals surface area contributed by atoms with E-state index in [1.54, 1.807) is 22.6 Å². The third-order valence-corrected chi connectivity index (χ3v) is 2.76. The minimum Gasteiger partial charge on any atom is -0.494 e. The van der Waals surface area contributed by atoms with Gasteiger partial charge in [0.15, 0.2) is 5.75 Å². The molecular formula is C8H7ClF2INO. The summed E-state index contributed by atoms with van der Waals surface area (Å²) < 4.78 is 30.5. The van der Waals surface area contributed by atoms with Crippen molar-refractivity contribution in [2.24, 2.45) is 0 Å². The molecule has 14 heavy (non-hydrogen) atoms. The minimum atomic E-state index is -2.58. The van der Waals surface area contributed by atoms with Crippen LogP contribution in [0, 0.1) is 3.57 Å². The Morgan fingerprint density at radius 1 is 1.64 bits per heavy atom. The summed E-state index contributed by atoms with van der Waals surface area (Å²) in [5.74, 6) is 0.140. The lowest BCUT2D eigenvalue weighted by Gasteiger charge is -2.12. The maximum atomic E-state index is 12.6. The van der Waals surface area contributed by atoms with E-state index in [0.717, 1.165) is 0 Å². The molecule has 0 spiro atoms. The fourth-order valence-electron chi connectivity index (χ4n) is 1.05. The largest absolute Gasteiger partial charge is 0.494 e. The molecule has 0 aliphatic rings. The van der Waals surface area contributed by atoms with Gasteiger partial charge in [0.1, 0.15) is 0 Å². The lowest BCUT2D eigenvalue weighted by Crippen LogP contribution is -2.02. The van der Waals surface area contributed by atoms with Crippen molar-refractivity contribution in [3.05, 3.63) is 21.0 Å².